The van der Waals surface area contributed by atoms with Crippen molar-refractivity contribution in [2.24, 2.45) is 0 Å². The lowest BCUT2D eigenvalue weighted by atomic mass is 10.1. The Morgan fingerprint density at radius 3 is 3.00 bits per heavy atom. The van der Waals surface area contributed by atoms with E-state index in [0.29, 0.717) is 6.04 Å². The van der Waals surface area contributed by atoms with E-state index in [1.165, 1.54) is 12.8 Å². The first kappa shape index (κ1) is 11.3. The maximum absolute atomic E-state index is 4.61. The summed E-state index contributed by atoms with van der Waals surface area (Å²) in [6, 6.07) is 8.67. The van der Waals surface area contributed by atoms with Gasteiger partial charge in [-0.05, 0) is 38.0 Å². The van der Waals surface area contributed by atoms with E-state index >= 15 is 0 Å². The first-order valence-corrected chi connectivity index (χ1v) is 6.51. The number of aromatic nitrogens is 3. The second-order valence-electron chi connectivity index (χ2n) is 4.87. The SMILES string of the molecule is Cc1cccc(N2CCCC(n3cccn3)C2)n1. The Morgan fingerprint density at radius 1 is 1.28 bits per heavy atom. The van der Waals surface area contributed by atoms with Crippen LogP contribution < -0.4 is 4.90 Å². The van der Waals surface area contributed by atoms with Gasteiger partial charge in [-0.15, -0.1) is 0 Å². The van der Waals surface area contributed by atoms with E-state index in [1.807, 2.05) is 25.3 Å². The van der Waals surface area contributed by atoms with Gasteiger partial charge in [-0.25, -0.2) is 4.98 Å². The fourth-order valence-electron chi connectivity index (χ4n) is 2.58. The molecule has 0 radical (unpaired) electrons. The molecule has 1 atom stereocenters. The molecule has 3 rings (SSSR count). The molecule has 2 aromatic heterocycles. The molecular formula is C14H18N4. The van der Waals surface area contributed by atoms with E-state index in [1.54, 1.807) is 0 Å². The van der Waals surface area contributed by atoms with Crippen LogP contribution in [-0.4, -0.2) is 27.9 Å². The van der Waals surface area contributed by atoms with Gasteiger partial charge in [0, 0.05) is 31.2 Å². The van der Waals surface area contributed by atoms with Crippen molar-refractivity contribution in [2.75, 3.05) is 18.0 Å². The number of rotatable bonds is 2. The summed E-state index contributed by atoms with van der Waals surface area (Å²) in [5, 5.41) is 4.36. The van der Waals surface area contributed by atoms with Crippen LogP contribution in [0.15, 0.2) is 36.7 Å². The summed E-state index contributed by atoms with van der Waals surface area (Å²) in [7, 11) is 0. The summed E-state index contributed by atoms with van der Waals surface area (Å²) in [6.45, 7) is 4.13. The molecule has 0 aromatic carbocycles. The van der Waals surface area contributed by atoms with E-state index in [0.717, 1.165) is 24.6 Å². The fourth-order valence-corrected chi connectivity index (χ4v) is 2.58. The summed E-state index contributed by atoms with van der Waals surface area (Å²) in [6.07, 6.45) is 6.30. The summed E-state index contributed by atoms with van der Waals surface area (Å²) in [5.74, 6) is 1.09. The van der Waals surface area contributed by atoms with Crippen molar-refractivity contribution in [3.8, 4) is 0 Å². The van der Waals surface area contributed by atoms with Gasteiger partial charge >= 0.3 is 0 Å². The quantitative estimate of drug-likeness (QED) is 0.811. The van der Waals surface area contributed by atoms with Crippen LogP contribution in [0.3, 0.4) is 0 Å². The second kappa shape index (κ2) is 4.80. The lowest BCUT2D eigenvalue weighted by molar-refractivity contribution is 0.375. The third-order valence-electron chi connectivity index (χ3n) is 3.49. The van der Waals surface area contributed by atoms with Crippen LogP contribution in [-0.2, 0) is 0 Å². The zero-order chi connectivity index (χ0) is 12.4. The number of pyridine rings is 1. The van der Waals surface area contributed by atoms with E-state index in [9.17, 15) is 0 Å². The van der Waals surface area contributed by atoms with Crippen molar-refractivity contribution in [2.45, 2.75) is 25.8 Å². The summed E-state index contributed by atoms with van der Waals surface area (Å²) in [4.78, 5) is 6.97. The minimum Gasteiger partial charge on any atom is -0.354 e. The predicted molar refractivity (Wildman–Crippen MR) is 71.7 cm³/mol. The minimum atomic E-state index is 0.469. The van der Waals surface area contributed by atoms with Gasteiger partial charge in [-0.1, -0.05) is 6.07 Å². The first-order valence-electron chi connectivity index (χ1n) is 6.51. The number of piperidine rings is 1. The highest BCUT2D eigenvalue weighted by atomic mass is 15.3. The highest BCUT2D eigenvalue weighted by Gasteiger charge is 2.22. The molecule has 0 aliphatic carbocycles. The van der Waals surface area contributed by atoms with Crippen molar-refractivity contribution in [3.63, 3.8) is 0 Å². The Bertz CT molecular complexity index is 506. The molecule has 4 heteroatoms. The van der Waals surface area contributed by atoms with Crippen molar-refractivity contribution in [1.82, 2.24) is 14.8 Å². The lowest BCUT2D eigenvalue weighted by Crippen LogP contribution is -2.37. The predicted octanol–water partition coefficient (Wildman–Crippen LogP) is 2.43. The average Bonchev–Trinajstić information content (AvgIpc) is 2.93. The average molecular weight is 242 g/mol. The van der Waals surface area contributed by atoms with Crippen LogP contribution in [0, 0.1) is 6.92 Å². The number of hydrogen-bond donors (Lipinski definition) is 0. The number of aryl methyl sites for hydroxylation is 1. The monoisotopic (exact) mass is 242 g/mol. The summed E-state index contributed by atoms with van der Waals surface area (Å²) >= 11 is 0. The zero-order valence-electron chi connectivity index (χ0n) is 10.7. The molecular weight excluding hydrogens is 224 g/mol. The van der Waals surface area contributed by atoms with Crippen LogP contribution in [0.5, 0.6) is 0 Å². The molecule has 1 saturated heterocycles. The molecule has 1 aliphatic rings. The molecule has 0 bridgehead atoms. The molecule has 1 unspecified atom stereocenters. The Kier molecular flexibility index (Phi) is 3.00. The first-order chi connectivity index (χ1) is 8.83. The Labute approximate surface area is 107 Å². The molecule has 0 saturated carbocycles. The van der Waals surface area contributed by atoms with Crippen LogP contribution in [0.4, 0.5) is 5.82 Å². The van der Waals surface area contributed by atoms with E-state index in [4.69, 9.17) is 0 Å². The number of hydrogen-bond acceptors (Lipinski definition) is 3. The highest BCUT2D eigenvalue weighted by Crippen LogP contribution is 2.24. The standard InChI is InChI=1S/C14H18N4/c1-12-5-2-7-14(16-12)17-9-3-6-13(11-17)18-10-4-8-15-18/h2,4-5,7-8,10,13H,3,6,9,11H2,1H3. The van der Waals surface area contributed by atoms with Crippen LogP contribution in [0.1, 0.15) is 24.6 Å². The van der Waals surface area contributed by atoms with Gasteiger partial charge in [0.05, 0.1) is 6.04 Å². The van der Waals surface area contributed by atoms with Gasteiger partial charge in [0.1, 0.15) is 5.82 Å². The second-order valence-corrected chi connectivity index (χ2v) is 4.87. The molecule has 1 fully saturated rings. The van der Waals surface area contributed by atoms with Gasteiger partial charge in [0.15, 0.2) is 0 Å². The van der Waals surface area contributed by atoms with Crippen molar-refractivity contribution in [3.05, 3.63) is 42.4 Å². The van der Waals surface area contributed by atoms with E-state index in [2.05, 4.69) is 38.0 Å². The van der Waals surface area contributed by atoms with E-state index < -0.39 is 0 Å². The van der Waals surface area contributed by atoms with Crippen LogP contribution in [0.2, 0.25) is 0 Å². The van der Waals surface area contributed by atoms with Crippen molar-refractivity contribution >= 4 is 5.82 Å². The third kappa shape index (κ3) is 2.23. The van der Waals surface area contributed by atoms with Crippen molar-refractivity contribution < 1.29 is 0 Å². The molecule has 1 aliphatic heterocycles. The Morgan fingerprint density at radius 2 is 2.22 bits per heavy atom. The van der Waals surface area contributed by atoms with Gasteiger partial charge in [0.25, 0.3) is 0 Å². The molecule has 2 aromatic rings. The third-order valence-corrected chi connectivity index (χ3v) is 3.49. The Hall–Kier alpha value is -1.84. The molecule has 18 heavy (non-hydrogen) atoms. The lowest BCUT2D eigenvalue weighted by Gasteiger charge is -2.33. The van der Waals surface area contributed by atoms with E-state index in [-0.39, 0.29) is 0 Å². The highest BCUT2D eigenvalue weighted by molar-refractivity contribution is 5.39. The molecule has 3 heterocycles. The summed E-state index contributed by atoms with van der Waals surface area (Å²) in [5.41, 5.74) is 1.08. The molecule has 94 valence electrons. The van der Waals surface area contributed by atoms with Gasteiger partial charge in [0.2, 0.25) is 0 Å². The number of nitrogens with zero attached hydrogens (tertiary/aromatic N) is 4. The topological polar surface area (TPSA) is 34.0 Å². The number of anilines is 1. The van der Waals surface area contributed by atoms with Gasteiger partial charge < -0.3 is 4.90 Å². The molecule has 0 spiro atoms. The van der Waals surface area contributed by atoms with Crippen LogP contribution >= 0.6 is 0 Å². The summed E-state index contributed by atoms with van der Waals surface area (Å²) < 4.78 is 2.07. The molecule has 0 N–H and O–H groups in total. The Balaban J connectivity index is 1.78. The smallest absolute Gasteiger partial charge is 0.128 e. The zero-order valence-corrected chi connectivity index (χ0v) is 10.7. The van der Waals surface area contributed by atoms with Crippen molar-refractivity contribution in [1.29, 1.82) is 0 Å². The van der Waals surface area contributed by atoms with Gasteiger partial charge in [-0.3, -0.25) is 4.68 Å². The molecule has 0 amide bonds. The van der Waals surface area contributed by atoms with Gasteiger partial charge in [-0.2, -0.15) is 5.10 Å². The maximum Gasteiger partial charge on any atom is 0.128 e. The maximum atomic E-state index is 4.61. The van der Waals surface area contributed by atoms with Crippen LogP contribution in [0.25, 0.3) is 0 Å². The largest absolute Gasteiger partial charge is 0.354 e. The minimum absolute atomic E-state index is 0.469. The normalized spacial score (nSPS) is 20.1. The molecule has 4 nitrogen and oxygen atoms in total. The fraction of sp³-hybridized carbons (Fsp3) is 0.429.